The summed E-state index contributed by atoms with van der Waals surface area (Å²) in [5.74, 6) is -0.122. The van der Waals surface area contributed by atoms with E-state index in [9.17, 15) is 9.18 Å². The number of carbonyl (C=O) groups excluding carboxylic acids is 1. The van der Waals surface area contributed by atoms with E-state index in [2.05, 4.69) is 10.3 Å². The van der Waals surface area contributed by atoms with Crippen molar-refractivity contribution in [2.24, 2.45) is 5.92 Å². The fraction of sp³-hybridized carbons (Fsp3) is 0.333. The molecule has 0 atom stereocenters. The van der Waals surface area contributed by atoms with E-state index in [0.29, 0.717) is 25.3 Å². The molecule has 1 aliphatic heterocycles. The molecule has 1 saturated heterocycles. The number of hydrogen-bond donors (Lipinski definition) is 1. The highest BCUT2D eigenvalue weighted by Crippen LogP contribution is 2.25. The number of carbonyl (C=O) groups is 1. The molecule has 1 amide bonds. The van der Waals surface area contributed by atoms with E-state index in [1.807, 2.05) is 23.1 Å². The maximum absolute atomic E-state index is 13.8. The number of halogens is 1. The van der Waals surface area contributed by atoms with Crippen LogP contribution in [0.2, 0.25) is 0 Å². The van der Waals surface area contributed by atoms with Crippen LogP contribution in [0.4, 0.5) is 10.1 Å². The van der Waals surface area contributed by atoms with E-state index in [1.54, 1.807) is 24.5 Å². The molecule has 2 heterocycles. The van der Waals surface area contributed by atoms with E-state index >= 15 is 0 Å². The minimum absolute atomic E-state index is 0.000129. The molecule has 4 nitrogen and oxygen atoms in total. The number of amides is 1. The molecule has 0 spiro atoms. The van der Waals surface area contributed by atoms with Gasteiger partial charge in [0, 0.05) is 37.9 Å². The average molecular weight is 313 g/mol. The zero-order chi connectivity index (χ0) is 16.1. The summed E-state index contributed by atoms with van der Waals surface area (Å²) in [5, 5.41) is 2.98. The maximum Gasteiger partial charge on any atom is 0.223 e. The second-order valence-electron chi connectivity index (χ2n) is 5.79. The largest absolute Gasteiger partial charge is 0.369 e. The van der Waals surface area contributed by atoms with Gasteiger partial charge in [-0.1, -0.05) is 12.1 Å². The number of nitrogens with one attached hydrogen (secondary N) is 1. The van der Waals surface area contributed by atoms with Crippen LogP contribution in [0.1, 0.15) is 18.4 Å². The van der Waals surface area contributed by atoms with E-state index in [0.717, 1.165) is 18.4 Å². The van der Waals surface area contributed by atoms with E-state index in [-0.39, 0.29) is 17.6 Å². The highest BCUT2D eigenvalue weighted by molar-refractivity contribution is 5.79. The van der Waals surface area contributed by atoms with Crippen molar-refractivity contribution < 1.29 is 9.18 Å². The molecule has 0 unspecified atom stereocenters. The van der Waals surface area contributed by atoms with E-state index in [4.69, 9.17) is 0 Å². The van der Waals surface area contributed by atoms with Gasteiger partial charge in [-0.15, -0.1) is 0 Å². The van der Waals surface area contributed by atoms with Gasteiger partial charge in [0.2, 0.25) is 5.91 Å². The molecular weight excluding hydrogens is 293 g/mol. The van der Waals surface area contributed by atoms with Crippen LogP contribution in [0.25, 0.3) is 0 Å². The van der Waals surface area contributed by atoms with E-state index in [1.165, 1.54) is 6.07 Å². The predicted octanol–water partition coefficient (Wildman–Crippen LogP) is 2.75. The van der Waals surface area contributed by atoms with Crippen LogP contribution in [0.5, 0.6) is 0 Å². The Morgan fingerprint density at radius 1 is 1.17 bits per heavy atom. The molecule has 3 rings (SSSR count). The number of anilines is 1. The molecule has 0 bridgehead atoms. The Labute approximate surface area is 135 Å². The van der Waals surface area contributed by atoms with E-state index < -0.39 is 0 Å². The molecular formula is C18H20FN3O. The summed E-state index contributed by atoms with van der Waals surface area (Å²) < 4.78 is 13.8. The lowest BCUT2D eigenvalue weighted by molar-refractivity contribution is -0.125. The molecule has 0 aliphatic carbocycles. The fourth-order valence-corrected chi connectivity index (χ4v) is 2.92. The Bertz CT molecular complexity index is 654. The smallest absolute Gasteiger partial charge is 0.223 e. The summed E-state index contributed by atoms with van der Waals surface area (Å²) in [4.78, 5) is 18.2. The molecule has 1 N–H and O–H groups in total. The van der Waals surface area contributed by atoms with Crippen LogP contribution in [0.15, 0.2) is 48.8 Å². The number of piperidine rings is 1. The first-order valence-electron chi connectivity index (χ1n) is 7.90. The quantitative estimate of drug-likeness (QED) is 0.944. The van der Waals surface area contributed by atoms with Crippen molar-refractivity contribution in [1.29, 1.82) is 0 Å². The normalized spacial score (nSPS) is 15.4. The third-order valence-corrected chi connectivity index (χ3v) is 4.27. The topological polar surface area (TPSA) is 45.2 Å². The van der Waals surface area contributed by atoms with Gasteiger partial charge in [-0.05, 0) is 42.7 Å². The third kappa shape index (κ3) is 3.86. The molecule has 0 radical (unpaired) electrons. The van der Waals surface area contributed by atoms with Gasteiger partial charge in [-0.25, -0.2) is 4.39 Å². The summed E-state index contributed by atoms with van der Waals surface area (Å²) in [7, 11) is 0. The SMILES string of the molecule is O=C(NCc1ccncc1)C1CCN(c2ccccc2F)CC1. The number of rotatable bonds is 4. The molecule has 1 aliphatic rings. The first-order valence-corrected chi connectivity index (χ1v) is 7.90. The lowest BCUT2D eigenvalue weighted by Gasteiger charge is -2.33. The van der Waals surface area contributed by atoms with Gasteiger partial charge in [-0.3, -0.25) is 9.78 Å². The second kappa shape index (κ2) is 7.22. The van der Waals surface area contributed by atoms with Gasteiger partial charge < -0.3 is 10.2 Å². The Hall–Kier alpha value is -2.43. The molecule has 5 heteroatoms. The Kier molecular flexibility index (Phi) is 4.86. The standard InChI is InChI=1S/C18H20FN3O/c19-16-3-1-2-4-17(16)22-11-7-15(8-12-22)18(23)21-13-14-5-9-20-10-6-14/h1-6,9-10,15H,7-8,11-13H2,(H,21,23). The number of hydrogen-bond acceptors (Lipinski definition) is 3. The molecule has 0 saturated carbocycles. The average Bonchev–Trinajstić information content (AvgIpc) is 2.61. The summed E-state index contributed by atoms with van der Waals surface area (Å²) >= 11 is 0. The minimum Gasteiger partial charge on any atom is -0.369 e. The van der Waals surface area contributed by atoms with Gasteiger partial charge >= 0.3 is 0 Å². The van der Waals surface area contributed by atoms with Crippen molar-refractivity contribution >= 4 is 11.6 Å². The zero-order valence-corrected chi connectivity index (χ0v) is 12.9. The Morgan fingerprint density at radius 2 is 1.87 bits per heavy atom. The van der Waals surface area contributed by atoms with Gasteiger partial charge in [0.15, 0.2) is 0 Å². The zero-order valence-electron chi connectivity index (χ0n) is 12.9. The van der Waals surface area contributed by atoms with Crippen LogP contribution in [-0.2, 0) is 11.3 Å². The van der Waals surface area contributed by atoms with Gasteiger partial charge in [-0.2, -0.15) is 0 Å². The number of para-hydroxylation sites is 1. The number of nitrogens with zero attached hydrogens (tertiary/aromatic N) is 2. The fourth-order valence-electron chi connectivity index (χ4n) is 2.92. The molecule has 1 fully saturated rings. The van der Waals surface area contributed by atoms with Crippen LogP contribution >= 0.6 is 0 Å². The first kappa shape index (κ1) is 15.5. The third-order valence-electron chi connectivity index (χ3n) is 4.27. The first-order chi connectivity index (χ1) is 11.2. The molecule has 1 aromatic heterocycles. The van der Waals surface area contributed by atoms with Crippen LogP contribution in [-0.4, -0.2) is 24.0 Å². The predicted molar refractivity (Wildman–Crippen MR) is 87.4 cm³/mol. The summed E-state index contributed by atoms with van der Waals surface area (Å²) in [5.41, 5.74) is 1.67. The summed E-state index contributed by atoms with van der Waals surface area (Å²) in [6, 6.07) is 10.6. The second-order valence-corrected chi connectivity index (χ2v) is 5.79. The molecule has 23 heavy (non-hydrogen) atoms. The molecule has 2 aromatic rings. The van der Waals surface area contributed by atoms with Crippen LogP contribution < -0.4 is 10.2 Å². The monoisotopic (exact) mass is 313 g/mol. The number of aromatic nitrogens is 1. The summed E-state index contributed by atoms with van der Waals surface area (Å²) in [6.45, 7) is 1.93. The van der Waals surface area contributed by atoms with Gasteiger partial charge in [0.1, 0.15) is 5.82 Å². The van der Waals surface area contributed by atoms with Crippen molar-refractivity contribution in [1.82, 2.24) is 10.3 Å². The highest BCUT2D eigenvalue weighted by Gasteiger charge is 2.25. The minimum atomic E-state index is -0.201. The number of benzene rings is 1. The molecule has 1 aromatic carbocycles. The van der Waals surface area contributed by atoms with Crippen LogP contribution in [0, 0.1) is 11.7 Å². The number of pyridine rings is 1. The maximum atomic E-state index is 13.8. The lowest BCUT2D eigenvalue weighted by atomic mass is 9.95. The van der Waals surface area contributed by atoms with Crippen LogP contribution in [0.3, 0.4) is 0 Å². The van der Waals surface area contributed by atoms with Crippen molar-refractivity contribution in [3.63, 3.8) is 0 Å². The van der Waals surface area contributed by atoms with Crippen molar-refractivity contribution in [2.75, 3.05) is 18.0 Å². The lowest BCUT2D eigenvalue weighted by Crippen LogP contribution is -2.40. The molecule has 120 valence electrons. The van der Waals surface area contributed by atoms with Crippen molar-refractivity contribution in [2.45, 2.75) is 19.4 Å². The Morgan fingerprint density at radius 3 is 2.57 bits per heavy atom. The van der Waals surface area contributed by atoms with Crippen molar-refractivity contribution in [3.05, 3.63) is 60.2 Å². The van der Waals surface area contributed by atoms with Gasteiger partial charge in [0.25, 0.3) is 0 Å². The Balaban J connectivity index is 1.50. The highest BCUT2D eigenvalue weighted by atomic mass is 19.1. The van der Waals surface area contributed by atoms with Crippen molar-refractivity contribution in [3.8, 4) is 0 Å². The van der Waals surface area contributed by atoms with Gasteiger partial charge in [0.05, 0.1) is 5.69 Å². The summed E-state index contributed by atoms with van der Waals surface area (Å²) in [6.07, 6.45) is 4.93.